The first-order valence-corrected chi connectivity index (χ1v) is 15.4. The highest BCUT2D eigenvalue weighted by Crippen LogP contribution is 2.33. The summed E-state index contributed by atoms with van der Waals surface area (Å²) in [4.78, 5) is 49.3. The van der Waals surface area contributed by atoms with E-state index in [0.717, 1.165) is 90.1 Å². The van der Waals surface area contributed by atoms with E-state index in [1.165, 1.54) is 0 Å². The molecule has 1 aliphatic rings. The van der Waals surface area contributed by atoms with Crippen LogP contribution in [-0.2, 0) is 59.3 Å². The average Bonchev–Trinajstić information content (AvgIpc) is 3.63. The van der Waals surface area contributed by atoms with Crippen LogP contribution in [0.15, 0.2) is 6.58 Å². The summed E-state index contributed by atoms with van der Waals surface area (Å²) in [5.41, 5.74) is 15.9. The minimum atomic E-state index is -0.865. The first kappa shape index (κ1) is 31.7. The molecule has 5 rings (SSSR count). The molecule has 10 heteroatoms. The molecule has 5 heterocycles. The topological polar surface area (TPSA) is 175 Å². The van der Waals surface area contributed by atoms with Crippen LogP contribution in [0.5, 0.6) is 0 Å². The maximum atomic E-state index is 11.6. The van der Waals surface area contributed by atoms with E-state index in [0.29, 0.717) is 44.9 Å². The molecule has 0 amide bonds. The summed E-state index contributed by atoms with van der Waals surface area (Å²) in [6.45, 7) is 12.2. The Hall–Kier alpha value is -4.73. The summed E-state index contributed by atoms with van der Waals surface area (Å²) in [5.74, 6) is -2.56. The summed E-state index contributed by atoms with van der Waals surface area (Å²) in [7, 11) is 0. The minimum Gasteiger partial charge on any atom is -0.481 e. The van der Waals surface area contributed by atoms with Gasteiger partial charge in [-0.3, -0.25) is 14.4 Å². The molecule has 4 aromatic heterocycles. The average molecular weight is 615 g/mol. The van der Waals surface area contributed by atoms with E-state index in [1.807, 2.05) is 26.8 Å². The predicted molar refractivity (Wildman–Crippen MR) is 171 cm³/mol. The van der Waals surface area contributed by atoms with Gasteiger partial charge in [-0.05, 0) is 91.5 Å². The van der Waals surface area contributed by atoms with Gasteiger partial charge in [0, 0.05) is 90.5 Å². The van der Waals surface area contributed by atoms with Gasteiger partial charge >= 0.3 is 17.9 Å². The summed E-state index contributed by atoms with van der Waals surface area (Å²) in [5, 5.41) is 28.5. The van der Waals surface area contributed by atoms with E-state index < -0.39 is 17.9 Å². The van der Waals surface area contributed by atoms with Gasteiger partial charge < -0.3 is 35.3 Å². The second-order valence-corrected chi connectivity index (χ2v) is 12.3. The smallest absolute Gasteiger partial charge is 0.303 e. The van der Waals surface area contributed by atoms with Gasteiger partial charge in [-0.2, -0.15) is 0 Å². The number of aromatic amines is 4. The van der Waals surface area contributed by atoms with Crippen molar-refractivity contribution in [1.82, 2.24) is 19.9 Å². The van der Waals surface area contributed by atoms with E-state index in [4.69, 9.17) is 0 Å². The number of fused-ring (bicyclic) bond motifs is 8. The summed E-state index contributed by atoms with van der Waals surface area (Å²) in [6, 6.07) is 0. The van der Waals surface area contributed by atoms with E-state index in [2.05, 4.69) is 33.4 Å². The van der Waals surface area contributed by atoms with Crippen LogP contribution >= 0.6 is 0 Å². The molecule has 0 aromatic carbocycles. The minimum absolute atomic E-state index is 0.000573. The molecule has 0 radical (unpaired) electrons. The van der Waals surface area contributed by atoms with Gasteiger partial charge in [0.1, 0.15) is 0 Å². The van der Waals surface area contributed by atoms with Crippen LogP contribution in [0.3, 0.4) is 0 Å². The highest BCUT2D eigenvalue weighted by molar-refractivity contribution is 5.68. The van der Waals surface area contributed by atoms with Crippen molar-refractivity contribution in [2.75, 3.05) is 0 Å². The first-order chi connectivity index (χ1) is 21.4. The van der Waals surface area contributed by atoms with E-state index in [1.54, 1.807) is 0 Å². The third-order valence-electron chi connectivity index (χ3n) is 9.58. The normalized spacial score (nSPS) is 12.8. The van der Waals surface area contributed by atoms with Crippen LogP contribution in [0.25, 0.3) is 6.08 Å². The van der Waals surface area contributed by atoms with Gasteiger partial charge in [0.15, 0.2) is 0 Å². The molecule has 45 heavy (non-hydrogen) atoms. The van der Waals surface area contributed by atoms with Gasteiger partial charge in [0.2, 0.25) is 0 Å². The zero-order chi connectivity index (χ0) is 32.6. The molecule has 0 saturated carbocycles. The Balaban J connectivity index is 1.71. The maximum absolute atomic E-state index is 11.6. The molecule has 4 aromatic rings. The van der Waals surface area contributed by atoms with Gasteiger partial charge in [-0.25, -0.2) is 0 Å². The van der Waals surface area contributed by atoms with Gasteiger partial charge in [-0.1, -0.05) is 12.7 Å². The number of rotatable bonds is 10. The predicted octanol–water partition coefficient (Wildman–Crippen LogP) is 5.60. The zero-order valence-electron chi connectivity index (χ0n) is 26.4. The third kappa shape index (κ3) is 6.41. The molecule has 238 valence electrons. The fourth-order valence-electron chi connectivity index (χ4n) is 7.01. The Morgan fingerprint density at radius 1 is 0.533 bits per heavy atom. The van der Waals surface area contributed by atoms with E-state index in [-0.39, 0.29) is 19.3 Å². The number of hydrogen-bond acceptors (Lipinski definition) is 3. The summed E-state index contributed by atoms with van der Waals surface area (Å²) >= 11 is 0. The lowest BCUT2D eigenvalue weighted by molar-refractivity contribution is -0.138. The number of carboxylic acids is 3. The van der Waals surface area contributed by atoms with Gasteiger partial charge in [0.05, 0.1) is 0 Å². The number of carboxylic acid groups (broad SMARTS) is 3. The maximum Gasteiger partial charge on any atom is 0.303 e. The lowest BCUT2D eigenvalue weighted by atomic mass is 9.97. The quantitative estimate of drug-likeness (QED) is 0.108. The Morgan fingerprint density at radius 2 is 0.822 bits per heavy atom. The van der Waals surface area contributed by atoms with Crippen LogP contribution in [0, 0.1) is 27.7 Å². The molecule has 10 nitrogen and oxygen atoms in total. The van der Waals surface area contributed by atoms with Crippen molar-refractivity contribution in [3.63, 3.8) is 0 Å². The van der Waals surface area contributed by atoms with Gasteiger partial charge in [-0.15, -0.1) is 0 Å². The van der Waals surface area contributed by atoms with Crippen LogP contribution in [0.1, 0.15) is 109 Å². The number of aromatic nitrogens is 4. The van der Waals surface area contributed by atoms with E-state index >= 15 is 0 Å². The molecule has 0 unspecified atom stereocenters. The summed E-state index contributed by atoms with van der Waals surface area (Å²) in [6.07, 6.45) is 5.24. The lowest BCUT2D eigenvalue weighted by Crippen LogP contribution is -2.02. The van der Waals surface area contributed by atoms with Crippen molar-refractivity contribution < 1.29 is 29.7 Å². The SMILES string of the molecule is C=Cc1c2[nH]c(c1C)Cc1[nH]c(c(C)c1CCC(=O)O)Cc1[nH]c(c(C)c1CCC(=O)O)Cc1[nH]c(c(C)c1CCC(=O)O)C2. The number of H-pyrrole nitrogens is 4. The highest BCUT2D eigenvalue weighted by atomic mass is 16.4. The molecule has 0 atom stereocenters. The monoisotopic (exact) mass is 614 g/mol. The molecule has 0 saturated heterocycles. The number of carbonyl (C=O) groups is 3. The largest absolute Gasteiger partial charge is 0.481 e. The number of nitrogens with one attached hydrogen (secondary N) is 4. The Labute approximate surface area is 262 Å². The molecule has 0 fully saturated rings. The molecule has 1 aliphatic heterocycles. The van der Waals surface area contributed by atoms with Crippen LogP contribution in [-0.4, -0.2) is 53.2 Å². The fourth-order valence-corrected chi connectivity index (χ4v) is 7.01. The molecule has 7 N–H and O–H groups in total. The molecule has 0 aliphatic carbocycles. The highest BCUT2D eigenvalue weighted by Gasteiger charge is 2.25. The Bertz CT molecular complexity index is 1800. The van der Waals surface area contributed by atoms with Crippen molar-refractivity contribution in [3.8, 4) is 0 Å². The van der Waals surface area contributed by atoms with Crippen molar-refractivity contribution in [2.45, 2.75) is 91.9 Å². The molecular weight excluding hydrogens is 572 g/mol. The fraction of sp³-hybridized carbons (Fsp3) is 0.400. The number of hydrogen-bond donors (Lipinski definition) is 7. The van der Waals surface area contributed by atoms with Crippen molar-refractivity contribution in [3.05, 3.63) is 96.6 Å². The first-order valence-electron chi connectivity index (χ1n) is 15.4. The van der Waals surface area contributed by atoms with Crippen molar-refractivity contribution in [2.24, 2.45) is 0 Å². The van der Waals surface area contributed by atoms with E-state index in [9.17, 15) is 29.7 Å². The Morgan fingerprint density at radius 3 is 1.13 bits per heavy atom. The summed E-state index contributed by atoms with van der Waals surface area (Å²) < 4.78 is 0. The Kier molecular flexibility index (Phi) is 8.95. The van der Waals surface area contributed by atoms with Crippen LogP contribution < -0.4 is 0 Å². The third-order valence-corrected chi connectivity index (χ3v) is 9.58. The second-order valence-electron chi connectivity index (χ2n) is 12.3. The zero-order valence-corrected chi connectivity index (χ0v) is 26.4. The molecular formula is C35H42N4O6. The van der Waals surface area contributed by atoms with Crippen LogP contribution in [0.2, 0.25) is 0 Å². The number of aliphatic carboxylic acids is 3. The van der Waals surface area contributed by atoms with Crippen LogP contribution in [0.4, 0.5) is 0 Å². The van der Waals surface area contributed by atoms with Crippen molar-refractivity contribution in [1.29, 1.82) is 0 Å². The lowest BCUT2D eigenvalue weighted by Gasteiger charge is -2.06. The second kappa shape index (κ2) is 12.7. The standard InChI is InChI=1S/C35H42N4O6/c1-6-21-17(2)25-14-30-23(8-11-34(42)43)19(4)27(38-30)16-32-24(9-12-35(44)45)20(5)28(39-32)15-31-22(7-10-33(40)41)18(3)26(37-31)13-29(21)36-25/h6,36-39H,1,7-16H2,2-5H3,(H,40,41)(H,42,43)(H,44,45). The molecule has 0 spiro atoms. The van der Waals surface area contributed by atoms with Gasteiger partial charge in [0.25, 0.3) is 0 Å². The molecule has 8 bridgehead atoms. The van der Waals surface area contributed by atoms with Crippen molar-refractivity contribution >= 4 is 24.0 Å².